The number of benzene rings is 2. The van der Waals surface area contributed by atoms with Crippen LogP contribution < -0.4 is 9.47 Å². The molecule has 0 N–H and O–H groups in total. The zero-order valence-electron chi connectivity index (χ0n) is 17.1. The molecule has 0 amide bonds. The molecule has 29 heavy (non-hydrogen) atoms. The van der Waals surface area contributed by atoms with E-state index in [0.717, 1.165) is 55.3 Å². The lowest BCUT2D eigenvalue weighted by Gasteiger charge is -2.34. The van der Waals surface area contributed by atoms with Crippen molar-refractivity contribution < 1.29 is 17.9 Å². The number of hydrogen-bond acceptors (Lipinski definition) is 6. The highest BCUT2D eigenvalue weighted by molar-refractivity contribution is 7.91. The molecule has 0 radical (unpaired) electrons. The van der Waals surface area contributed by atoms with Crippen LogP contribution >= 0.6 is 0 Å². The maximum Gasteiger partial charge on any atom is 0.231 e. The van der Waals surface area contributed by atoms with Crippen LogP contribution in [0.3, 0.4) is 0 Å². The molecule has 2 aliphatic rings. The minimum Gasteiger partial charge on any atom is -0.454 e. The van der Waals surface area contributed by atoms with Crippen molar-refractivity contribution in [3.63, 3.8) is 0 Å². The monoisotopic (exact) mass is 416 g/mol. The summed E-state index contributed by atoms with van der Waals surface area (Å²) in [7, 11) is -3.26. The fourth-order valence-electron chi connectivity index (χ4n) is 3.87. The van der Waals surface area contributed by atoms with E-state index in [9.17, 15) is 8.42 Å². The van der Waals surface area contributed by atoms with E-state index >= 15 is 0 Å². The molecule has 0 atom stereocenters. The van der Waals surface area contributed by atoms with Gasteiger partial charge in [-0.2, -0.15) is 0 Å². The third kappa shape index (κ3) is 4.74. The lowest BCUT2D eigenvalue weighted by atomic mass is 10.1. The van der Waals surface area contributed by atoms with Gasteiger partial charge < -0.3 is 9.47 Å². The molecule has 2 aromatic rings. The van der Waals surface area contributed by atoms with Gasteiger partial charge >= 0.3 is 0 Å². The maximum atomic E-state index is 12.8. The van der Waals surface area contributed by atoms with Crippen molar-refractivity contribution >= 4 is 9.84 Å². The standard InChI is InChI=1S/C22H28N2O4S/c1-17-3-4-18(2)22(13-17)29(25,26)12-11-23-7-9-24(10-8-23)15-19-5-6-20-21(14-19)28-16-27-20/h3-6,13-14H,7-12,15-16H2,1-2H3. The van der Waals surface area contributed by atoms with Crippen molar-refractivity contribution in [3.8, 4) is 11.5 Å². The first-order chi connectivity index (χ1) is 13.9. The van der Waals surface area contributed by atoms with Crippen molar-refractivity contribution in [2.24, 2.45) is 0 Å². The minimum atomic E-state index is -3.26. The second-order valence-corrected chi connectivity index (χ2v) is 9.97. The van der Waals surface area contributed by atoms with Crippen LogP contribution in [0.15, 0.2) is 41.3 Å². The number of piperazine rings is 1. The van der Waals surface area contributed by atoms with Crippen LogP contribution in [0, 0.1) is 13.8 Å². The van der Waals surface area contributed by atoms with Crippen LogP contribution in [-0.2, 0) is 16.4 Å². The number of nitrogens with zero attached hydrogens (tertiary/aromatic N) is 2. The molecule has 0 unspecified atom stereocenters. The molecule has 2 aliphatic heterocycles. The first kappa shape index (κ1) is 20.2. The summed E-state index contributed by atoms with van der Waals surface area (Å²) in [6.45, 7) is 9.15. The van der Waals surface area contributed by atoms with Gasteiger partial charge in [0.2, 0.25) is 6.79 Å². The van der Waals surface area contributed by atoms with Crippen LogP contribution in [0.5, 0.6) is 11.5 Å². The summed E-state index contributed by atoms with van der Waals surface area (Å²) in [5.74, 6) is 1.79. The Morgan fingerprint density at radius 1 is 0.897 bits per heavy atom. The van der Waals surface area contributed by atoms with Gasteiger partial charge in [-0.3, -0.25) is 9.80 Å². The third-order valence-corrected chi connectivity index (χ3v) is 7.49. The van der Waals surface area contributed by atoms with Gasteiger partial charge in [-0.05, 0) is 48.7 Å². The highest BCUT2D eigenvalue weighted by atomic mass is 32.2. The molecule has 1 fully saturated rings. The summed E-state index contributed by atoms with van der Waals surface area (Å²) < 4.78 is 36.4. The van der Waals surface area contributed by atoms with Crippen LogP contribution in [0.25, 0.3) is 0 Å². The lowest BCUT2D eigenvalue weighted by Crippen LogP contribution is -2.47. The molecule has 0 bridgehead atoms. The minimum absolute atomic E-state index is 0.166. The highest BCUT2D eigenvalue weighted by Gasteiger charge is 2.22. The van der Waals surface area contributed by atoms with Crippen molar-refractivity contribution in [1.29, 1.82) is 0 Å². The average molecular weight is 417 g/mol. The van der Waals surface area contributed by atoms with Gasteiger partial charge in [-0.1, -0.05) is 18.2 Å². The van der Waals surface area contributed by atoms with Crippen LogP contribution in [0.1, 0.15) is 16.7 Å². The zero-order chi connectivity index (χ0) is 20.4. The largest absolute Gasteiger partial charge is 0.454 e. The van der Waals surface area contributed by atoms with Crippen LogP contribution in [0.2, 0.25) is 0 Å². The fourth-order valence-corrected chi connectivity index (χ4v) is 5.51. The molecule has 0 aliphatic carbocycles. The topological polar surface area (TPSA) is 59.1 Å². The highest BCUT2D eigenvalue weighted by Crippen LogP contribution is 2.32. The number of rotatable bonds is 6. The van der Waals surface area contributed by atoms with Gasteiger partial charge in [-0.15, -0.1) is 0 Å². The Kier molecular flexibility index (Phi) is 5.81. The zero-order valence-corrected chi connectivity index (χ0v) is 17.9. The van der Waals surface area contributed by atoms with Gasteiger partial charge in [0.15, 0.2) is 21.3 Å². The van der Waals surface area contributed by atoms with Crippen molar-refractivity contribution in [1.82, 2.24) is 9.80 Å². The Balaban J connectivity index is 1.28. The fraction of sp³-hybridized carbons (Fsp3) is 0.455. The smallest absolute Gasteiger partial charge is 0.231 e. The molecule has 0 spiro atoms. The Labute approximate surface area is 172 Å². The molecular weight excluding hydrogens is 388 g/mol. The molecule has 1 saturated heterocycles. The number of aryl methyl sites for hydroxylation is 2. The van der Waals surface area contributed by atoms with E-state index in [-0.39, 0.29) is 5.75 Å². The quantitative estimate of drug-likeness (QED) is 0.722. The predicted octanol–water partition coefficient (Wildman–Crippen LogP) is 2.62. The van der Waals surface area contributed by atoms with Gasteiger partial charge in [0.25, 0.3) is 0 Å². The second kappa shape index (κ2) is 8.34. The Morgan fingerprint density at radius 3 is 2.41 bits per heavy atom. The predicted molar refractivity (Wildman–Crippen MR) is 112 cm³/mol. The molecular formula is C22H28N2O4S. The van der Waals surface area contributed by atoms with Crippen molar-refractivity contribution in [2.75, 3.05) is 45.3 Å². The van der Waals surface area contributed by atoms with Gasteiger partial charge in [-0.25, -0.2) is 8.42 Å². The van der Waals surface area contributed by atoms with Crippen LogP contribution in [-0.4, -0.2) is 63.5 Å². The van der Waals surface area contributed by atoms with Crippen molar-refractivity contribution in [3.05, 3.63) is 53.1 Å². The van der Waals surface area contributed by atoms with Crippen LogP contribution in [0.4, 0.5) is 0 Å². The summed E-state index contributed by atoms with van der Waals surface area (Å²) >= 11 is 0. The summed E-state index contributed by atoms with van der Waals surface area (Å²) in [6.07, 6.45) is 0. The van der Waals surface area contributed by atoms with Gasteiger partial charge in [0.05, 0.1) is 10.6 Å². The number of hydrogen-bond donors (Lipinski definition) is 0. The Hall–Kier alpha value is -2.09. The summed E-state index contributed by atoms with van der Waals surface area (Å²) in [5, 5.41) is 0. The van der Waals surface area contributed by atoms with Gasteiger partial charge in [0.1, 0.15) is 0 Å². The molecule has 0 saturated carbocycles. The normalized spacial score (nSPS) is 17.6. The van der Waals surface area contributed by atoms with Crippen molar-refractivity contribution in [2.45, 2.75) is 25.3 Å². The van der Waals surface area contributed by atoms with E-state index in [1.807, 2.05) is 38.1 Å². The average Bonchev–Trinajstić information content (AvgIpc) is 3.17. The van der Waals surface area contributed by atoms with E-state index in [1.54, 1.807) is 6.07 Å². The first-order valence-electron chi connectivity index (χ1n) is 10.0. The summed E-state index contributed by atoms with van der Waals surface area (Å²) in [6, 6.07) is 11.7. The molecule has 156 valence electrons. The maximum absolute atomic E-state index is 12.8. The van der Waals surface area contributed by atoms with E-state index in [4.69, 9.17) is 9.47 Å². The molecule has 2 heterocycles. The van der Waals surface area contributed by atoms with E-state index < -0.39 is 9.84 Å². The Bertz CT molecular complexity index is 982. The molecule has 2 aromatic carbocycles. The number of ether oxygens (including phenoxy) is 2. The lowest BCUT2D eigenvalue weighted by molar-refractivity contribution is 0.132. The third-order valence-electron chi connectivity index (χ3n) is 5.66. The number of fused-ring (bicyclic) bond motifs is 1. The molecule has 4 rings (SSSR count). The first-order valence-corrected chi connectivity index (χ1v) is 11.7. The molecule has 7 heteroatoms. The number of sulfone groups is 1. The summed E-state index contributed by atoms with van der Waals surface area (Å²) in [5.41, 5.74) is 3.01. The summed E-state index contributed by atoms with van der Waals surface area (Å²) in [4.78, 5) is 5.12. The van der Waals surface area contributed by atoms with Gasteiger partial charge in [0, 0.05) is 39.3 Å². The second-order valence-electron chi connectivity index (χ2n) is 7.89. The van der Waals surface area contributed by atoms with E-state index in [1.165, 1.54) is 5.56 Å². The molecule has 6 nitrogen and oxygen atoms in total. The van der Waals surface area contributed by atoms with E-state index in [2.05, 4.69) is 15.9 Å². The van der Waals surface area contributed by atoms with E-state index in [0.29, 0.717) is 18.2 Å². The Morgan fingerprint density at radius 2 is 1.62 bits per heavy atom. The SMILES string of the molecule is Cc1ccc(C)c(S(=O)(=O)CCN2CCN(Cc3ccc4c(c3)OCO4)CC2)c1. The molecule has 0 aromatic heterocycles.